The highest BCUT2D eigenvalue weighted by Crippen LogP contribution is 2.38. The predicted octanol–water partition coefficient (Wildman–Crippen LogP) is 3.52. The number of rotatable bonds is 6. The number of carbonyl (C=O) groups excluding carboxylic acids is 1. The number of carbonyl (C=O) groups is 1. The van der Waals surface area contributed by atoms with E-state index in [-0.39, 0.29) is 23.8 Å². The monoisotopic (exact) mass is 403 g/mol. The summed E-state index contributed by atoms with van der Waals surface area (Å²) in [6.45, 7) is 1.07. The van der Waals surface area contributed by atoms with E-state index in [0.29, 0.717) is 35.4 Å². The lowest BCUT2D eigenvalue weighted by molar-refractivity contribution is -0.384. The first-order valence-corrected chi connectivity index (χ1v) is 9.30. The summed E-state index contributed by atoms with van der Waals surface area (Å²) in [6, 6.07) is 8.16. The van der Waals surface area contributed by atoms with Gasteiger partial charge >= 0.3 is 0 Å². The quantitative estimate of drug-likeness (QED) is 0.565. The maximum absolute atomic E-state index is 12.5. The van der Waals surface area contributed by atoms with Gasteiger partial charge in [0.2, 0.25) is 0 Å². The van der Waals surface area contributed by atoms with Gasteiger partial charge in [-0.05, 0) is 42.7 Å². The number of nitrogens with one attached hydrogen (secondary N) is 2. The maximum atomic E-state index is 12.5. The molecule has 1 aliphatic carbocycles. The molecule has 1 amide bonds. The van der Waals surface area contributed by atoms with Crippen molar-refractivity contribution in [2.24, 2.45) is 0 Å². The fraction of sp³-hybridized carbons (Fsp3) is 0.316. The van der Waals surface area contributed by atoms with Crippen molar-refractivity contribution in [3.05, 3.63) is 56.6 Å². The molecule has 2 N–H and O–H groups in total. The van der Waals surface area contributed by atoms with E-state index in [1.165, 1.54) is 6.07 Å². The van der Waals surface area contributed by atoms with Crippen LogP contribution in [-0.4, -0.2) is 30.1 Å². The number of hydrogen-bond donors (Lipinski definition) is 2. The second-order valence-corrected chi connectivity index (χ2v) is 7.10. The van der Waals surface area contributed by atoms with Crippen LogP contribution in [0.1, 0.15) is 28.8 Å². The number of nitro groups is 1. The zero-order valence-electron chi connectivity index (χ0n) is 14.9. The molecule has 0 bridgehead atoms. The van der Waals surface area contributed by atoms with E-state index in [2.05, 4.69) is 10.6 Å². The molecule has 2 aliphatic rings. The molecule has 1 saturated carbocycles. The highest BCUT2D eigenvalue weighted by atomic mass is 35.5. The van der Waals surface area contributed by atoms with E-state index in [0.717, 1.165) is 18.4 Å². The molecule has 28 heavy (non-hydrogen) atoms. The summed E-state index contributed by atoms with van der Waals surface area (Å²) in [5, 5.41) is 17.6. The van der Waals surface area contributed by atoms with Crippen molar-refractivity contribution in [1.82, 2.24) is 5.32 Å². The molecular formula is C19H18ClN3O5. The molecule has 2 aromatic carbocycles. The van der Waals surface area contributed by atoms with E-state index >= 15 is 0 Å². The first-order chi connectivity index (χ1) is 13.5. The summed E-state index contributed by atoms with van der Waals surface area (Å²) in [4.78, 5) is 23.3. The third-order valence-corrected chi connectivity index (χ3v) is 4.78. The lowest BCUT2D eigenvalue weighted by Gasteiger charge is -2.20. The fourth-order valence-corrected chi connectivity index (χ4v) is 3.23. The third-order valence-electron chi connectivity index (χ3n) is 4.50. The predicted molar refractivity (Wildman–Crippen MR) is 103 cm³/mol. The standard InChI is InChI=1S/C19H18ClN3O5/c20-14-7-11(8-17-18(14)28-6-5-27-17)10-21-19(24)12-1-4-15(22-13-2-3-13)16(9-12)23(25)26/h1,4,7-9,13,22H,2-3,5-6,10H2,(H,21,24). The number of fused-ring (bicyclic) bond motifs is 1. The molecule has 8 nitrogen and oxygen atoms in total. The molecule has 0 radical (unpaired) electrons. The van der Waals surface area contributed by atoms with Crippen molar-refractivity contribution in [3.8, 4) is 11.5 Å². The van der Waals surface area contributed by atoms with Crippen molar-refractivity contribution in [3.63, 3.8) is 0 Å². The van der Waals surface area contributed by atoms with Gasteiger partial charge in [0.15, 0.2) is 11.5 Å². The topological polar surface area (TPSA) is 103 Å². The largest absolute Gasteiger partial charge is 0.486 e. The van der Waals surface area contributed by atoms with Gasteiger partial charge in [0.05, 0.1) is 9.95 Å². The second kappa shape index (κ2) is 7.55. The number of anilines is 1. The Kier molecular flexibility index (Phi) is 4.95. The van der Waals surface area contributed by atoms with Crippen LogP contribution in [-0.2, 0) is 6.54 Å². The van der Waals surface area contributed by atoms with E-state index in [9.17, 15) is 14.9 Å². The minimum absolute atomic E-state index is 0.109. The Bertz CT molecular complexity index is 945. The first kappa shape index (κ1) is 18.4. The van der Waals surface area contributed by atoms with Gasteiger partial charge in [-0.1, -0.05) is 11.6 Å². The number of ether oxygens (including phenoxy) is 2. The van der Waals surface area contributed by atoms with Crippen LogP contribution in [0.2, 0.25) is 5.02 Å². The van der Waals surface area contributed by atoms with Crippen LogP contribution in [0.25, 0.3) is 0 Å². The fourth-order valence-electron chi connectivity index (χ4n) is 2.94. The van der Waals surface area contributed by atoms with Crippen LogP contribution in [0.5, 0.6) is 11.5 Å². The van der Waals surface area contributed by atoms with Crippen LogP contribution in [0.15, 0.2) is 30.3 Å². The molecule has 0 saturated heterocycles. The smallest absolute Gasteiger partial charge is 0.293 e. The van der Waals surface area contributed by atoms with Crippen molar-refractivity contribution in [2.45, 2.75) is 25.4 Å². The van der Waals surface area contributed by atoms with Crippen molar-refractivity contribution >= 4 is 28.9 Å². The van der Waals surface area contributed by atoms with Gasteiger partial charge in [-0.15, -0.1) is 0 Å². The molecular weight excluding hydrogens is 386 g/mol. The Morgan fingerprint density at radius 1 is 1.21 bits per heavy atom. The molecule has 0 aromatic heterocycles. The maximum Gasteiger partial charge on any atom is 0.293 e. The zero-order chi connectivity index (χ0) is 19.7. The summed E-state index contributed by atoms with van der Waals surface area (Å²) < 4.78 is 11.0. The van der Waals surface area contributed by atoms with Crippen molar-refractivity contribution < 1.29 is 19.2 Å². The summed E-state index contributed by atoms with van der Waals surface area (Å²) in [6.07, 6.45) is 2.00. The molecule has 2 aromatic rings. The molecule has 0 atom stereocenters. The van der Waals surface area contributed by atoms with E-state index < -0.39 is 10.8 Å². The average molecular weight is 404 g/mol. The summed E-state index contributed by atoms with van der Waals surface area (Å²) >= 11 is 6.20. The minimum atomic E-state index is -0.484. The van der Waals surface area contributed by atoms with E-state index in [4.69, 9.17) is 21.1 Å². The molecule has 4 rings (SSSR count). The number of benzene rings is 2. The lowest BCUT2D eigenvalue weighted by atomic mass is 10.1. The zero-order valence-corrected chi connectivity index (χ0v) is 15.6. The van der Waals surface area contributed by atoms with Gasteiger partial charge in [0, 0.05) is 24.2 Å². The van der Waals surface area contributed by atoms with Gasteiger partial charge in [-0.25, -0.2) is 0 Å². The minimum Gasteiger partial charge on any atom is -0.486 e. The molecule has 0 spiro atoms. The van der Waals surface area contributed by atoms with Crippen LogP contribution >= 0.6 is 11.6 Å². The Labute approximate surface area is 165 Å². The number of nitro benzene ring substituents is 1. The third kappa shape index (κ3) is 3.96. The number of nitrogens with zero attached hydrogens (tertiary/aromatic N) is 1. The Morgan fingerprint density at radius 2 is 2.00 bits per heavy atom. The summed E-state index contributed by atoms with van der Waals surface area (Å²) in [5.74, 6) is 0.624. The van der Waals surface area contributed by atoms with Crippen LogP contribution < -0.4 is 20.1 Å². The van der Waals surface area contributed by atoms with Crippen molar-refractivity contribution in [2.75, 3.05) is 18.5 Å². The Balaban J connectivity index is 1.47. The van der Waals surface area contributed by atoms with Crippen LogP contribution in [0.3, 0.4) is 0 Å². The van der Waals surface area contributed by atoms with Crippen LogP contribution in [0.4, 0.5) is 11.4 Å². The molecule has 0 unspecified atom stereocenters. The van der Waals surface area contributed by atoms with Crippen molar-refractivity contribution in [1.29, 1.82) is 0 Å². The van der Waals surface area contributed by atoms with E-state index in [1.807, 2.05) is 0 Å². The second-order valence-electron chi connectivity index (χ2n) is 6.69. The first-order valence-electron chi connectivity index (χ1n) is 8.92. The molecule has 9 heteroatoms. The Hall–Kier alpha value is -3.00. The Morgan fingerprint density at radius 3 is 2.75 bits per heavy atom. The number of halogens is 1. The lowest BCUT2D eigenvalue weighted by Crippen LogP contribution is -2.23. The average Bonchev–Trinajstić information content (AvgIpc) is 3.50. The molecule has 1 heterocycles. The molecule has 146 valence electrons. The molecule has 1 fully saturated rings. The molecule has 1 aliphatic heterocycles. The normalized spacial score (nSPS) is 15.0. The highest BCUT2D eigenvalue weighted by Gasteiger charge is 2.25. The van der Waals surface area contributed by atoms with Gasteiger partial charge in [0.25, 0.3) is 11.6 Å². The highest BCUT2D eigenvalue weighted by molar-refractivity contribution is 6.32. The van der Waals surface area contributed by atoms with E-state index in [1.54, 1.807) is 24.3 Å². The summed E-state index contributed by atoms with van der Waals surface area (Å²) in [7, 11) is 0. The summed E-state index contributed by atoms with van der Waals surface area (Å²) in [5.41, 5.74) is 1.28. The number of amides is 1. The van der Waals surface area contributed by atoms with Gasteiger partial charge in [-0.2, -0.15) is 0 Å². The van der Waals surface area contributed by atoms with Crippen LogP contribution in [0, 0.1) is 10.1 Å². The van der Waals surface area contributed by atoms with Gasteiger partial charge in [-0.3, -0.25) is 14.9 Å². The number of hydrogen-bond acceptors (Lipinski definition) is 6. The van der Waals surface area contributed by atoms with Gasteiger partial charge in [0.1, 0.15) is 18.9 Å². The van der Waals surface area contributed by atoms with Gasteiger partial charge < -0.3 is 20.1 Å². The SMILES string of the molecule is O=C(NCc1cc(Cl)c2c(c1)OCCO2)c1ccc(NC2CC2)c([N+](=O)[O-])c1.